The van der Waals surface area contributed by atoms with Crippen LogP contribution in [-0.2, 0) is 26.8 Å². The van der Waals surface area contributed by atoms with Crippen molar-refractivity contribution in [3.05, 3.63) is 125 Å². The first kappa shape index (κ1) is 33.2. The Hall–Kier alpha value is -4.70. The molecule has 0 aliphatic carbocycles. The van der Waals surface area contributed by atoms with Crippen LogP contribution in [-0.4, -0.2) is 26.4 Å². The Balaban J connectivity index is 0.00000401. The zero-order valence-corrected chi connectivity index (χ0v) is 29.9. The standard InChI is InChI=1S/C41H38N4O2.Pd/c1-8-11-30-20-31(45-29(6)41(28(5)43-45)40-26(3)18-25(2)19-27(40)4)22-34(21-30)47-33-14-15-36-35-12-9-10-13-37(35)44(38(36)23-33)39-24-32(46-7)16-17-42-39;/h9-10,12-21,24H,8,11H2,1-7H3;/q-2;+2. The Labute approximate surface area is 296 Å². The first-order chi connectivity index (χ1) is 22.7. The van der Waals surface area contributed by atoms with Crippen LogP contribution in [0.15, 0.2) is 79.0 Å². The number of rotatable bonds is 8. The molecule has 4 aromatic carbocycles. The van der Waals surface area contributed by atoms with Crippen LogP contribution in [0.1, 0.15) is 47.0 Å². The van der Waals surface area contributed by atoms with Gasteiger partial charge in [0.25, 0.3) is 0 Å². The quantitative estimate of drug-likeness (QED) is 0.116. The first-order valence-electron chi connectivity index (χ1n) is 16.1. The molecule has 0 radical (unpaired) electrons. The number of benzene rings is 4. The van der Waals surface area contributed by atoms with Crippen LogP contribution in [0.25, 0.3) is 44.4 Å². The van der Waals surface area contributed by atoms with Crippen molar-refractivity contribution in [1.82, 2.24) is 19.3 Å². The van der Waals surface area contributed by atoms with Crippen molar-refractivity contribution >= 4 is 21.8 Å². The van der Waals surface area contributed by atoms with Crippen molar-refractivity contribution in [3.8, 4) is 39.9 Å². The minimum Gasteiger partial charge on any atom is -0.509 e. The molecule has 0 bridgehead atoms. The van der Waals surface area contributed by atoms with E-state index in [1.807, 2.05) is 28.9 Å². The molecule has 0 amide bonds. The summed E-state index contributed by atoms with van der Waals surface area (Å²) in [5.74, 6) is 2.71. The third-order valence-corrected chi connectivity index (χ3v) is 8.83. The zero-order valence-electron chi connectivity index (χ0n) is 28.3. The van der Waals surface area contributed by atoms with Crippen molar-refractivity contribution in [2.24, 2.45) is 0 Å². The number of aromatic nitrogens is 4. The van der Waals surface area contributed by atoms with Crippen LogP contribution in [0.4, 0.5) is 0 Å². The second-order valence-electron chi connectivity index (χ2n) is 12.3. The van der Waals surface area contributed by atoms with Gasteiger partial charge in [-0.15, -0.1) is 35.7 Å². The van der Waals surface area contributed by atoms with Gasteiger partial charge in [-0.3, -0.25) is 4.68 Å². The van der Waals surface area contributed by atoms with E-state index in [4.69, 9.17) is 14.6 Å². The summed E-state index contributed by atoms with van der Waals surface area (Å²) >= 11 is 0. The molecule has 0 spiro atoms. The van der Waals surface area contributed by atoms with Crippen LogP contribution in [0.2, 0.25) is 0 Å². The maximum Gasteiger partial charge on any atom is 2.00 e. The van der Waals surface area contributed by atoms with Gasteiger partial charge < -0.3 is 14.0 Å². The summed E-state index contributed by atoms with van der Waals surface area (Å²) in [6, 6.07) is 32.0. The van der Waals surface area contributed by atoms with Crippen LogP contribution < -0.4 is 9.47 Å². The molecule has 7 heteroatoms. The maximum absolute atomic E-state index is 6.57. The molecule has 0 aliphatic rings. The van der Waals surface area contributed by atoms with E-state index in [9.17, 15) is 0 Å². The van der Waals surface area contributed by atoms with Gasteiger partial charge in [-0.05, 0) is 74.5 Å². The summed E-state index contributed by atoms with van der Waals surface area (Å²) in [4.78, 5) is 4.68. The first-order valence-corrected chi connectivity index (χ1v) is 16.1. The Bertz CT molecular complexity index is 2280. The molecule has 0 fully saturated rings. The molecule has 48 heavy (non-hydrogen) atoms. The third kappa shape index (κ3) is 5.94. The summed E-state index contributed by atoms with van der Waals surface area (Å²) in [6.45, 7) is 12.9. The molecule has 0 N–H and O–H groups in total. The average Bonchev–Trinajstić information content (AvgIpc) is 3.53. The predicted molar refractivity (Wildman–Crippen MR) is 190 cm³/mol. The number of nitrogens with zero attached hydrogens (tertiary/aromatic N) is 4. The summed E-state index contributed by atoms with van der Waals surface area (Å²) in [7, 11) is 1.66. The van der Waals surface area contributed by atoms with Gasteiger partial charge in [0.05, 0.1) is 12.8 Å². The molecule has 0 atom stereocenters. The molecule has 0 saturated carbocycles. The fourth-order valence-electron chi connectivity index (χ4n) is 6.94. The molecular weight excluding hydrogens is 687 g/mol. The Morgan fingerprint density at radius 2 is 1.56 bits per heavy atom. The number of hydrogen-bond donors (Lipinski definition) is 0. The van der Waals surface area contributed by atoms with E-state index in [0.717, 1.165) is 63.3 Å². The number of pyridine rings is 1. The number of para-hydroxylation sites is 1. The minimum atomic E-state index is 0. The van der Waals surface area contributed by atoms with Crippen LogP contribution in [0.5, 0.6) is 17.2 Å². The molecule has 0 aliphatic heterocycles. The van der Waals surface area contributed by atoms with Gasteiger partial charge in [-0.2, -0.15) is 16.7 Å². The SMILES string of the molecule is CCCc1cc(Oc2[c-]c3c(cc2)c2ccccc2n3-c2cc(OC)ccn2)[c-]c(-n2nc(C)c(-c3c(C)cc(C)cc3C)c2C)c1.[Pd+2]. The molecule has 7 aromatic rings. The van der Waals surface area contributed by atoms with E-state index in [-0.39, 0.29) is 20.4 Å². The molecule has 0 unspecified atom stereocenters. The zero-order chi connectivity index (χ0) is 32.8. The predicted octanol–water partition coefficient (Wildman–Crippen LogP) is 9.92. The fraction of sp³-hybridized carbons (Fsp3) is 0.220. The average molecular weight is 725 g/mol. The van der Waals surface area contributed by atoms with E-state index in [1.54, 1.807) is 13.3 Å². The van der Waals surface area contributed by atoms with Crippen LogP contribution >= 0.6 is 0 Å². The van der Waals surface area contributed by atoms with Crippen molar-refractivity contribution in [1.29, 1.82) is 0 Å². The Morgan fingerprint density at radius 1 is 0.792 bits per heavy atom. The number of aryl methyl sites for hydroxylation is 5. The minimum absolute atomic E-state index is 0. The topological polar surface area (TPSA) is 54.1 Å². The summed E-state index contributed by atoms with van der Waals surface area (Å²) in [5, 5.41) is 7.22. The van der Waals surface area contributed by atoms with Gasteiger partial charge in [-0.25, -0.2) is 4.98 Å². The van der Waals surface area contributed by atoms with Gasteiger partial charge in [0.15, 0.2) is 0 Å². The van der Waals surface area contributed by atoms with Crippen molar-refractivity contribution < 1.29 is 29.9 Å². The van der Waals surface area contributed by atoms with Gasteiger partial charge in [0, 0.05) is 40.5 Å². The Kier molecular flexibility index (Phi) is 9.29. The second kappa shape index (κ2) is 13.4. The van der Waals surface area contributed by atoms with Crippen LogP contribution in [0.3, 0.4) is 0 Å². The molecule has 7 rings (SSSR count). The number of ether oxygens (including phenoxy) is 2. The number of fused-ring (bicyclic) bond motifs is 3. The van der Waals surface area contributed by atoms with Gasteiger partial charge in [-0.1, -0.05) is 61.2 Å². The largest absolute Gasteiger partial charge is 2.00 e. The molecule has 244 valence electrons. The summed E-state index contributed by atoms with van der Waals surface area (Å²) in [6.07, 6.45) is 3.69. The fourth-order valence-corrected chi connectivity index (χ4v) is 6.94. The smallest absolute Gasteiger partial charge is 0.509 e. The maximum atomic E-state index is 6.57. The molecule has 6 nitrogen and oxygen atoms in total. The van der Waals surface area contributed by atoms with Gasteiger partial charge >= 0.3 is 20.4 Å². The van der Waals surface area contributed by atoms with E-state index in [1.165, 1.54) is 33.4 Å². The van der Waals surface area contributed by atoms with Crippen molar-refractivity contribution in [2.75, 3.05) is 7.11 Å². The molecule has 3 aromatic heterocycles. The number of hydrogen-bond acceptors (Lipinski definition) is 4. The van der Waals surface area contributed by atoms with Crippen molar-refractivity contribution in [3.63, 3.8) is 0 Å². The second-order valence-corrected chi connectivity index (χ2v) is 12.3. The van der Waals surface area contributed by atoms with E-state index < -0.39 is 0 Å². The van der Waals surface area contributed by atoms with Gasteiger partial charge in [0.1, 0.15) is 11.6 Å². The monoisotopic (exact) mass is 724 g/mol. The van der Waals surface area contributed by atoms with E-state index in [2.05, 4.69) is 112 Å². The molecule has 0 saturated heterocycles. The normalized spacial score (nSPS) is 11.2. The van der Waals surface area contributed by atoms with Crippen molar-refractivity contribution in [2.45, 2.75) is 54.4 Å². The van der Waals surface area contributed by atoms with E-state index in [0.29, 0.717) is 11.5 Å². The van der Waals surface area contributed by atoms with E-state index >= 15 is 0 Å². The number of methoxy groups -OCH3 is 1. The van der Waals surface area contributed by atoms with Gasteiger partial charge in [0.2, 0.25) is 0 Å². The molecular formula is C41H38N4O2Pd. The molecule has 3 heterocycles. The Morgan fingerprint density at radius 3 is 2.31 bits per heavy atom. The summed E-state index contributed by atoms with van der Waals surface area (Å²) in [5.41, 5.74) is 12.2. The summed E-state index contributed by atoms with van der Waals surface area (Å²) < 4.78 is 16.2. The third-order valence-electron chi connectivity index (χ3n) is 8.83. The van der Waals surface area contributed by atoms with Crippen LogP contribution in [0, 0.1) is 46.8 Å².